The van der Waals surface area contributed by atoms with Crippen LogP contribution in [0.15, 0.2) is 40.7 Å². The number of hydrogen-bond acceptors (Lipinski definition) is 4. The van der Waals surface area contributed by atoms with Gasteiger partial charge in [0.1, 0.15) is 0 Å². The zero-order valence-electron chi connectivity index (χ0n) is 16.3. The molecule has 0 saturated heterocycles. The van der Waals surface area contributed by atoms with Crippen LogP contribution in [0.5, 0.6) is 0 Å². The van der Waals surface area contributed by atoms with Gasteiger partial charge in [-0.15, -0.1) is 0 Å². The Kier molecular flexibility index (Phi) is 6.61. The third-order valence-corrected chi connectivity index (χ3v) is 4.67. The minimum Gasteiger partial charge on any atom is -0.463 e. The maximum atomic E-state index is 13.0. The first-order valence-electron chi connectivity index (χ1n) is 9.18. The second-order valence-electron chi connectivity index (χ2n) is 6.34. The van der Waals surface area contributed by atoms with Crippen LogP contribution in [0.25, 0.3) is 0 Å². The number of nitrogens with one attached hydrogen (secondary N) is 2. The fourth-order valence-corrected chi connectivity index (χ4v) is 3.16. The van der Waals surface area contributed by atoms with E-state index in [1.807, 2.05) is 32.0 Å². The van der Waals surface area contributed by atoms with E-state index in [1.165, 1.54) is 0 Å². The number of benzene rings is 1. The van der Waals surface area contributed by atoms with Crippen molar-refractivity contribution in [2.24, 2.45) is 0 Å². The Balaban J connectivity index is 2.28. The lowest BCUT2D eigenvalue weighted by Gasteiger charge is -2.23. The number of carbonyl (C=O) groups excluding carboxylic acids is 2. The first-order valence-corrected chi connectivity index (χ1v) is 9.18. The van der Waals surface area contributed by atoms with Gasteiger partial charge in [0.2, 0.25) is 0 Å². The zero-order valence-corrected chi connectivity index (χ0v) is 16.3. The molecule has 0 aliphatic carbocycles. The van der Waals surface area contributed by atoms with Crippen molar-refractivity contribution in [3.63, 3.8) is 0 Å². The van der Waals surface area contributed by atoms with Crippen molar-refractivity contribution in [2.45, 2.75) is 53.9 Å². The van der Waals surface area contributed by atoms with E-state index in [-0.39, 0.29) is 18.3 Å². The molecule has 1 aliphatic heterocycles. The molecule has 140 valence electrons. The van der Waals surface area contributed by atoms with Crippen LogP contribution >= 0.6 is 0 Å². The molecular formula is C21H28N2O3. The second-order valence-corrected chi connectivity index (χ2v) is 6.34. The van der Waals surface area contributed by atoms with Crippen LogP contribution in [-0.2, 0) is 27.2 Å². The van der Waals surface area contributed by atoms with Crippen LogP contribution in [0.3, 0.4) is 0 Å². The summed E-state index contributed by atoms with van der Waals surface area (Å²) in [6, 6.07) is 6.08. The number of rotatable bonds is 6. The number of ether oxygens (including phenoxy) is 1. The van der Waals surface area contributed by atoms with Gasteiger partial charge in [-0.05, 0) is 44.7 Å². The first-order chi connectivity index (χ1) is 12.4. The molecular weight excluding hydrogens is 328 g/mol. The van der Waals surface area contributed by atoms with Crippen molar-refractivity contribution in [3.05, 3.63) is 51.9 Å². The fraction of sp³-hybridized carbons (Fsp3) is 0.429. The van der Waals surface area contributed by atoms with E-state index in [0.717, 1.165) is 41.1 Å². The third-order valence-electron chi connectivity index (χ3n) is 4.67. The predicted molar refractivity (Wildman–Crippen MR) is 104 cm³/mol. The van der Waals surface area contributed by atoms with E-state index in [1.54, 1.807) is 6.92 Å². The van der Waals surface area contributed by atoms with Gasteiger partial charge in [0.15, 0.2) is 0 Å². The van der Waals surface area contributed by atoms with Crippen molar-refractivity contribution >= 4 is 17.6 Å². The summed E-state index contributed by atoms with van der Waals surface area (Å²) in [5.41, 5.74) is 5.66. The second kappa shape index (κ2) is 8.70. The fourth-order valence-electron chi connectivity index (χ4n) is 3.16. The Bertz CT molecular complexity index is 753. The van der Waals surface area contributed by atoms with E-state index in [9.17, 15) is 9.59 Å². The molecule has 1 aromatic rings. The topological polar surface area (TPSA) is 67.4 Å². The van der Waals surface area contributed by atoms with Gasteiger partial charge in [-0.1, -0.05) is 32.0 Å². The van der Waals surface area contributed by atoms with Crippen LogP contribution in [0.4, 0.5) is 5.69 Å². The lowest BCUT2D eigenvalue weighted by Crippen LogP contribution is -2.28. The molecule has 0 fully saturated rings. The predicted octanol–water partition coefficient (Wildman–Crippen LogP) is 3.85. The van der Waals surface area contributed by atoms with Crippen LogP contribution in [0, 0.1) is 0 Å². The molecule has 2 rings (SSSR count). The van der Waals surface area contributed by atoms with Crippen LogP contribution in [0.2, 0.25) is 0 Å². The summed E-state index contributed by atoms with van der Waals surface area (Å²) in [4.78, 5) is 25.1. The van der Waals surface area contributed by atoms with Crippen molar-refractivity contribution in [1.82, 2.24) is 5.32 Å². The average molecular weight is 356 g/mol. The molecule has 0 atom stereocenters. The largest absolute Gasteiger partial charge is 0.463 e. The highest BCUT2D eigenvalue weighted by molar-refractivity contribution is 6.07. The molecule has 0 spiro atoms. The maximum absolute atomic E-state index is 13.0. The molecule has 0 radical (unpaired) electrons. The van der Waals surface area contributed by atoms with Crippen LogP contribution in [-0.4, -0.2) is 18.5 Å². The summed E-state index contributed by atoms with van der Waals surface area (Å²) < 4.78 is 5.12. The number of para-hydroxylation sites is 1. The van der Waals surface area contributed by atoms with Crippen molar-refractivity contribution in [1.29, 1.82) is 0 Å². The Morgan fingerprint density at radius 2 is 1.62 bits per heavy atom. The number of amides is 1. The summed E-state index contributed by atoms with van der Waals surface area (Å²) in [5.74, 6) is -0.557. The lowest BCUT2D eigenvalue weighted by atomic mass is 9.96. The Morgan fingerprint density at radius 1 is 1.04 bits per heavy atom. The van der Waals surface area contributed by atoms with Crippen LogP contribution < -0.4 is 10.6 Å². The van der Waals surface area contributed by atoms with Gasteiger partial charge in [0.05, 0.1) is 12.2 Å². The maximum Gasteiger partial charge on any atom is 0.336 e. The normalized spacial score (nSPS) is 14.2. The van der Waals surface area contributed by atoms with Gasteiger partial charge in [0.25, 0.3) is 5.91 Å². The molecule has 0 aromatic heterocycles. The molecule has 0 saturated carbocycles. The van der Waals surface area contributed by atoms with Gasteiger partial charge >= 0.3 is 5.97 Å². The molecule has 26 heavy (non-hydrogen) atoms. The first kappa shape index (κ1) is 19.8. The number of hydrogen-bond donors (Lipinski definition) is 2. The van der Waals surface area contributed by atoms with Crippen molar-refractivity contribution in [2.75, 3.05) is 11.9 Å². The Labute approximate surface area is 155 Å². The van der Waals surface area contributed by atoms with Crippen LogP contribution in [0.1, 0.15) is 52.2 Å². The highest BCUT2D eigenvalue weighted by atomic mass is 16.5. The summed E-state index contributed by atoms with van der Waals surface area (Å²) in [5, 5.41) is 6.22. The SMILES string of the molecule is CCOC(=O)C1=C(C)NC(C)=C(C(=O)Nc2c(CC)cccc2CC)C1. The zero-order chi connectivity index (χ0) is 19.3. The standard InChI is InChI=1S/C21H28N2O3/c1-6-15-10-9-11-16(7-2)19(15)23-20(24)17-12-18(21(25)26-8-3)14(5)22-13(17)4/h9-11,22H,6-8,12H2,1-5H3,(H,23,24). The quantitative estimate of drug-likeness (QED) is 0.760. The van der Waals surface area contributed by atoms with Gasteiger partial charge in [-0.25, -0.2) is 4.79 Å². The van der Waals surface area contributed by atoms with E-state index < -0.39 is 0 Å². The van der Waals surface area contributed by atoms with Gasteiger partial charge < -0.3 is 15.4 Å². The summed E-state index contributed by atoms with van der Waals surface area (Å²) in [7, 11) is 0. The molecule has 5 heteroatoms. The van der Waals surface area contributed by atoms with Gasteiger partial charge in [-0.3, -0.25) is 4.79 Å². The van der Waals surface area contributed by atoms with Crippen molar-refractivity contribution < 1.29 is 14.3 Å². The minimum absolute atomic E-state index is 0.181. The monoisotopic (exact) mass is 356 g/mol. The molecule has 1 amide bonds. The van der Waals surface area contributed by atoms with E-state index in [2.05, 4.69) is 24.5 Å². The molecule has 1 aromatic carbocycles. The summed E-state index contributed by atoms with van der Waals surface area (Å²) in [6.07, 6.45) is 1.95. The number of esters is 1. The average Bonchev–Trinajstić information content (AvgIpc) is 2.61. The van der Waals surface area contributed by atoms with E-state index in [0.29, 0.717) is 17.8 Å². The molecule has 5 nitrogen and oxygen atoms in total. The lowest BCUT2D eigenvalue weighted by molar-refractivity contribution is -0.138. The number of allylic oxidation sites excluding steroid dienone is 2. The highest BCUT2D eigenvalue weighted by Crippen LogP contribution is 2.27. The molecule has 0 bridgehead atoms. The smallest absolute Gasteiger partial charge is 0.336 e. The number of dihydropyridines is 1. The van der Waals surface area contributed by atoms with E-state index >= 15 is 0 Å². The molecule has 2 N–H and O–H groups in total. The molecule has 1 heterocycles. The Hall–Kier alpha value is -2.56. The molecule has 1 aliphatic rings. The minimum atomic E-state index is -0.376. The molecule has 0 unspecified atom stereocenters. The van der Waals surface area contributed by atoms with Gasteiger partial charge in [-0.2, -0.15) is 0 Å². The van der Waals surface area contributed by atoms with Gasteiger partial charge in [0, 0.05) is 29.1 Å². The summed E-state index contributed by atoms with van der Waals surface area (Å²) in [6.45, 7) is 9.90. The highest BCUT2D eigenvalue weighted by Gasteiger charge is 2.26. The Morgan fingerprint density at radius 3 is 2.15 bits per heavy atom. The third kappa shape index (κ3) is 4.15. The number of carbonyl (C=O) groups is 2. The van der Waals surface area contributed by atoms with E-state index in [4.69, 9.17) is 4.74 Å². The number of anilines is 1. The summed E-state index contributed by atoms with van der Waals surface area (Å²) >= 11 is 0. The number of aryl methyl sites for hydroxylation is 2. The van der Waals surface area contributed by atoms with Crippen molar-refractivity contribution in [3.8, 4) is 0 Å².